The van der Waals surface area contributed by atoms with Crippen LogP contribution in [0, 0.1) is 24.2 Å². The number of hydrogen-bond acceptors (Lipinski definition) is 2. The Bertz CT molecular complexity index is 368. The number of nitriles is 1. The molecule has 0 aliphatic carbocycles. The summed E-state index contributed by atoms with van der Waals surface area (Å²) in [6, 6.07) is 8.40. The second-order valence-corrected chi connectivity index (χ2v) is 4.43. The lowest BCUT2D eigenvalue weighted by Crippen LogP contribution is -2.11. The monoisotopic (exact) mass is 266 g/mol. The van der Waals surface area contributed by atoms with Crippen molar-refractivity contribution in [3.63, 3.8) is 0 Å². The summed E-state index contributed by atoms with van der Waals surface area (Å²) < 4.78 is 1.09. The molecule has 1 rings (SSSR count). The van der Waals surface area contributed by atoms with Gasteiger partial charge in [0.25, 0.3) is 0 Å². The lowest BCUT2D eigenvalue weighted by atomic mass is 10.1. The zero-order valence-electron chi connectivity index (χ0n) is 9.05. The minimum atomic E-state index is 0.0880. The molecule has 0 heterocycles. The van der Waals surface area contributed by atoms with E-state index in [1.54, 1.807) is 0 Å². The van der Waals surface area contributed by atoms with E-state index in [9.17, 15) is 0 Å². The minimum Gasteiger partial charge on any atom is -0.384 e. The molecular formula is C12H15BrN2. The van der Waals surface area contributed by atoms with Crippen LogP contribution in [-0.4, -0.2) is 6.54 Å². The minimum absolute atomic E-state index is 0.0880. The normalized spacial score (nSPS) is 11.9. The summed E-state index contributed by atoms with van der Waals surface area (Å²) in [5.74, 6) is 0.0880. The molecule has 0 aliphatic rings. The molecule has 1 aromatic rings. The van der Waals surface area contributed by atoms with Crippen LogP contribution in [0.5, 0.6) is 0 Å². The third-order valence-corrected chi connectivity index (χ3v) is 3.25. The number of nitrogens with zero attached hydrogens (tertiary/aromatic N) is 1. The molecule has 3 heteroatoms. The molecule has 0 saturated heterocycles. The third-order valence-electron chi connectivity index (χ3n) is 2.40. The Morgan fingerprint density at radius 2 is 2.27 bits per heavy atom. The van der Waals surface area contributed by atoms with Gasteiger partial charge in [-0.1, -0.05) is 28.9 Å². The number of benzene rings is 1. The van der Waals surface area contributed by atoms with Gasteiger partial charge in [0.2, 0.25) is 0 Å². The zero-order chi connectivity index (χ0) is 11.3. The molecule has 0 spiro atoms. The molecule has 2 nitrogen and oxygen atoms in total. The SMILES string of the molecule is CCC(C#N)CNc1ccc(C)c(Br)c1. The number of halogens is 1. The Kier molecular flexibility index (Phi) is 4.64. The predicted octanol–water partition coefficient (Wildman–Crippen LogP) is 3.72. The summed E-state index contributed by atoms with van der Waals surface area (Å²) in [4.78, 5) is 0. The van der Waals surface area contributed by atoms with Crippen molar-refractivity contribution in [2.75, 3.05) is 11.9 Å². The predicted molar refractivity (Wildman–Crippen MR) is 66.8 cm³/mol. The maximum atomic E-state index is 8.80. The highest BCUT2D eigenvalue weighted by atomic mass is 79.9. The fraction of sp³-hybridized carbons (Fsp3) is 0.417. The summed E-state index contributed by atoms with van der Waals surface area (Å²) >= 11 is 3.48. The highest BCUT2D eigenvalue weighted by Crippen LogP contribution is 2.20. The lowest BCUT2D eigenvalue weighted by molar-refractivity contribution is 0.674. The van der Waals surface area contributed by atoms with Crippen LogP contribution in [0.15, 0.2) is 22.7 Å². The summed E-state index contributed by atoms with van der Waals surface area (Å²) in [7, 11) is 0. The fourth-order valence-corrected chi connectivity index (χ4v) is 1.60. The van der Waals surface area contributed by atoms with E-state index in [1.165, 1.54) is 5.56 Å². The van der Waals surface area contributed by atoms with E-state index >= 15 is 0 Å². The molecule has 1 aromatic carbocycles. The first-order valence-electron chi connectivity index (χ1n) is 5.07. The Balaban J connectivity index is 2.59. The first kappa shape index (κ1) is 12.1. The van der Waals surface area contributed by atoms with Crippen LogP contribution in [0.1, 0.15) is 18.9 Å². The van der Waals surface area contributed by atoms with Crippen LogP contribution in [0.25, 0.3) is 0 Å². The van der Waals surface area contributed by atoms with Gasteiger partial charge in [0.1, 0.15) is 0 Å². The molecule has 0 amide bonds. The Hall–Kier alpha value is -1.01. The number of rotatable bonds is 4. The van der Waals surface area contributed by atoms with Gasteiger partial charge in [0, 0.05) is 16.7 Å². The smallest absolute Gasteiger partial charge is 0.0674 e. The van der Waals surface area contributed by atoms with Crippen molar-refractivity contribution in [1.29, 1.82) is 5.26 Å². The highest BCUT2D eigenvalue weighted by molar-refractivity contribution is 9.10. The van der Waals surface area contributed by atoms with E-state index in [0.717, 1.165) is 16.6 Å². The van der Waals surface area contributed by atoms with E-state index in [2.05, 4.69) is 40.3 Å². The van der Waals surface area contributed by atoms with Gasteiger partial charge in [-0.15, -0.1) is 0 Å². The zero-order valence-corrected chi connectivity index (χ0v) is 10.6. The molecule has 0 bridgehead atoms. The van der Waals surface area contributed by atoms with E-state index in [0.29, 0.717) is 6.54 Å². The van der Waals surface area contributed by atoms with Crippen molar-refractivity contribution in [1.82, 2.24) is 0 Å². The maximum absolute atomic E-state index is 8.80. The maximum Gasteiger partial charge on any atom is 0.0674 e. The van der Waals surface area contributed by atoms with Gasteiger partial charge in [0.05, 0.1) is 12.0 Å². The second-order valence-electron chi connectivity index (χ2n) is 3.58. The Morgan fingerprint density at radius 1 is 1.53 bits per heavy atom. The van der Waals surface area contributed by atoms with Crippen LogP contribution >= 0.6 is 15.9 Å². The van der Waals surface area contributed by atoms with Crippen LogP contribution in [0.4, 0.5) is 5.69 Å². The molecule has 1 N–H and O–H groups in total. The van der Waals surface area contributed by atoms with Gasteiger partial charge in [-0.25, -0.2) is 0 Å². The molecule has 1 atom stereocenters. The van der Waals surface area contributed by atoms with E-state index in [1.807, 2.05) is 19.1 Å². The number of anilines is 1. The van der Waals surface area contributed by atoms with Gasteiger partial charge in [-0.2, -0.15) is 5.26 Å². The van der Waals surface area contributed by atoms with E-state index in [4.69, 9.17) is 5.26 Å². The number of nitrogens with one attached hydrogen (secondary N) is 1. The standard InChI is InChI=1S/C12H15BrN2/c1-3-10(7-14)8-15-11-5-4-9(2)12(13)6-11/h4-6,10,15H,3,8H2,1-2H3. The van der Waals surface area contributed by atoms with Crippen molar-refractivity contribution >= 4 is 21.6 Å². The first-order valence-corrected chi connectivity index (χ1v) is 5.86. The summed E-state index contributed by atoms with van der Waals surface area (Å²) in [6.45, 7) is 4.79. The molecule has 0 saturated carbocycles. The van der Waals surface area contributed by atoms with Crippen LogP contribution < -0.4 is 5.32 Å². The topological polar surface area (TPSA) is 35.8 Å². The number of hydrogen-bond donors (Lipinski definition) is 1. The van der Waals surface area contributed by atoms with Gasteiger partial charge in [-0.3, -0.25) is 0 Å². The molecule has 0 aromatic heterocycles. The Morgan fingerprint density at radius 3 is 2.80 bits per heavy atom. The van der Waals surface area contributed by atoms with Gasteiger partial charge in [-0.05, 0) is 31.0 Å². The van der Waals surface area contributed by atoms with Crippen LogP contribution in [0.3, 0.4) is 0 Å². The molecule has 0 fully saturated rings. The lowest BCUT2D eigenvalue weighted by Gasteiger charge is -2.10. The average Bonchev–Trinajstić information content (AvgIpc) is 2.24. The van der Waals surface area contributed by atoms with Crippen molar-refractivity contribution in [3.05, 3.63) is 28.2 Å². The molecule has 0 aliphatic heterocycles. The molecule has 1 unspecified atom stereocenters. The van der Waals surface area contributed by atoms with E-state index < -0.39 is 0 Å². The molecular weight excluding hydrogens is 252 g/mol. The largest absolute Gasteiger partial charge is 0.384 e. The average molecular weight is 267 g/mol. The van der Waals surface area contributed by atoms with Crippen LogP contribution in [0.2, 0.25) is 0 Å². The van der Waals surface area contributed by atoms with Crippen LogP contribution in [-0.2, 0) is 0 Å². The third kappa shape index (κ3) is 3.56. The summed E-state index contributed by atoms with van der Waals surface area (Å²) in [5.41, 5.74) is 2.27. The molecule has 80 valence electrons. The first-order chi connectivity index (χ1) is 7.17. The summed E-state index contributed by atoms with van der Waals surface area (Å²) in [6.07, 6.45) is 0.885. The Labute approximate surface area is 99.4 Å². The molecule has 15 heavy (non-hydrogen) atoms. The van der Waals surface area contributed by atoms with Crippen molar-refractivity contribution < 1.29 is 0 Å². The second kappa shape index (κ2) is 5.77. The summed E-state index contributed by atoms with van der Waals surface area (Å²) in [5, 5.41) is 12.1. The quantitative estimate of drug-likeness (QED) is 0.902. The van der Waals surface area contributed by atoms with Gasteiger partial charge in [0.15, 0.2) is 0 Å². The number of aryl methyl sites for hydroxylation is 1. The van der Waals surface area contributed by atoms with Crippen molar-refractivity contribution in [3.8, 4) is 6.07 Å². The molecule has 0 radical (unpaired) electrons. The van der Waals surface area contributed by atoms with Crippen molar-refractivity contribution in [2.45, 2.75) is 20.3 Å². The van der Waals surface area contributed by atoms with Gasteiger partial charge >= 0.3 is 0 Å². The van der Waals surface area contributed by atoms with E-state index in [-0.39, 0.29) is 5.92 Å². The fourth-order valence-electron chi connectivity index (χ4n) is 1.23. The highest BCUT2D eigenvalue weighted by Gasteiger charge is 2.04. The van der Waals surface area contributed by atoms with Gasteiger partial charge < -0.3 is 5.32 Å². The van der Waals surface area contributed by atoms with Crippen molar-refractivity contribution in [2.24, 2.45) is 5.92 Å².